The van der Waals surface area contributed by atoms with E-state index in [1.165, 1.54) is 0 Å². The summed E-state index contributed by atoms with van der Waals surface area (Å²) in [7, 11) is 0. The molecule has 0 aromatic heterocycles. The zero-order valence-corrected chi connectivity index (χ0v) is 7.09. The van der Waals surface area contributed by atoms with Crippen LogP contribution in [-0.4, -0.2) is 23.2 Å². The lowest BCUT2D eigenvalue weighted by Crippen LogP contribution is -2.15. The van der Waals surface area contributed by atoms with Crippen molar-refractivity contribution in [3.63, 3.8) is 0 Å². The summed E-state index contributed by atoms with van der Waals surface area (Å²) < 4.78 is 0. The van der Waals surface area contributed by atoms with E-state index in [4.69, 9.17) is 5.11 Å². The summed E-state index contributed by atoms with van der Waals surface area (Å²) in [5, 5.41) is 19.2. The van der Waals surface area contributed by atoms with Crippen LogP contribution in [0, 0.1) is 10.1 Å². The van der Waals surface area contributed by atoms with Gasteiger partial charge in [0.2, 0.25) is 6.54 Å². The van der Waals surface area contributed by atoms with Crippen LogP contribution in [0.3, 0.4) is 0 Å². The summed E-state index contributed by atoms with van der Waals surface area (Å²) in [6.45, 7) is -0.411. The Balaban J connectivity index is 2.73. The molecule has 0 aliphatic carbocycles. The number of aliphatic hydroxyl groups is 1. The maximum absolute atomic E-state index is 10.2. The number of nitro groups is 1. The molecule has 70 valence electrons. The predicted molar refractivity (Wildman–Crippen MR) is 48.1 cm³/mol. The molecule has 1 N–H and O–H groups in total. The van der Waals surface area contributed by atoms with E-state index in [0.29, 0.717) is 0 Å². The van der Waals surface area contributed by atoms with Gasteiger partial charge >= 0.3 is 0 Å². The maximum atomic E-state index is 10.2. The molecule has 0 amide bonds. The molecule has 0 radical (unpaired) electrons. The molecule has 4 nitrogen and oxygen atoms in total. The number of hydrogen-bond donors (Lipinski definition) is 1. The van der Waals surface area contributed by atoms with Gasteiger partial charge in [-0.15, -0.1) is 0 Å². The molecule has 13 heavy (non-hydrogen) atoms. The Kier molecular flexibility index (Phi) is 3.40. The molecule has 0 fully saturated rings. The van der Waals surface area contributed by atoms with Crippen molar-refractivity contribution in [1.29, 1.82) is 0 Å². The Morgan fingerprint density at radius 3 is 2.46 bits per heavy atom. The Morgan fingerprint density at radius 2 is 2.00 bits per heavy atom. The SMILES string of the molecule is O=[N+]([O-])C[C@@H](CO)c1ccccc1. The van der Waals surface area contributed by atoms with E-state index in [0.717, 1.165) is 5.56 Å². The second-order valence-corrected chi connectivity index (χ2v) is 2.81. The first kappa shape index (κ1) is 9.67. The summed E-state index contributed by atoms with van der Waals surface area (Å²) in [5.41, 5.74) is 0.807. The van der Waals surface area contributed by atoms with Crippen molar-refractivity contribution in [3.8, 4) is 0 Å². The summed E-state index contributed by atoms with van der Waals surface area (Å²) in [5.74, 6) is -0.392. The van der Waals surface area contributed by atoms with E-state index in [9.17, 15) is 10.1 Å². The zero-order chi connectivity index (χ0) is 9.68. The lowest BCUT2D eigenvalue weighted by atomic mass is 10.0. The highest BCUT2D eigenvalue weighted by molar-refractivity contribution is 5.19. The van der Waals surface area contributed by atoms with Crippen LogP contribution in [0.25, 0.3) is 0 Å². The van der Waals surface area contributed by atoms with Gasteiger partial charge < -0.3 is 5.11 Å². The van der Waals surface area contributed by atoms with E-state index in [1.807, 2.05) is 6.07 Å². The molecule has 0 spiro atoms. The maximum Gasteiger partial charge on any atom is 0.212 e. The molecule has 0 saturated heterocycles. The topological polar surface area (TPSA) is 63.4 Å². The van der Waals surface area contributed by atoms with Crippen molar-refractivity contribution in [1.82, 2.24) is 0 Å². The van der Waals surface area contributed by atoms with Gasteiger partial charge in [0, 0.05) is 4.92 Å². The fourth-order valence-corrected chi connectivity index (χ4v) is 1.17. The highest BCUT2D eigenvalue weighted by Crippen LogP contribution is 2.14. The second kappa shape index (κ2) is 4.57. The molecular formula is C9H11NO3. The average molecular weight is 181 g/mol. The first-order valence-electron chi connectivity index (χ1n) is 4.01. The number of nitrogens with zero attached hydrogens (tertiary/aromatic N) is 1. The van der Waals surface area contributed by atoms with Crippen LogP contribution < -0.4 is 0 Å². The third kappa shape index (κ3) is 2.83. The van der Waals surface area contributed by atoms with Crippen LogP contribution >= 0.6 is 0 Å². The zero-order valence-electron chi connectivity index (χ0n) is 7.09. The van der Waals surface area contributed by atoms with Crippen LogP contribution in [0.2, 0.25) is 0 Å². The Hall–Kier alpha value is -1.42. The van der Waals surface area contributed by atoms with Crippen molar-refractivity contribution in [3.05, 3.63) is 46.0 Å². The van der Waals surface area contributed by atoms with Gasteiger partial charge in [-0.2, -0.15) is 0 Å². The lowest BCUT2D eigenvalue weighted by Gasteiger charge is -2.08. The minimum atomic E-state index is -0.409. The molecule has 1 aromatic rings. The third-order valence-electron chi connectivity index (χ3n) is 1.86. The number of rotatable bonds is 4. The largest absolute Gasteiger partial charge is 0.395 e. The van der Waals surface area contributed by atoms with Crippen molar-refractivity contribution >= 4 is 0 Å². The number of aliphatic hydroxyl groups excluding tert-OH is 1. The average Bonchev–Trinajstić information content (AvgIpc) is 2.15. The standard InChI is InChI=1S/C9H11NO3/c11-7-9(6-10(12)13)8-4-2-1-3-5-8/h1-5,9,11H,6-7H2/t9-/m0/s1. The van der Waals surface area contributed by atoms with E-state index in [2.05, 4.69) is 0 Å². The summed E-state index contributed by atoms with van der Waals surface area (Å²) in [6, 6.07) is 9.01. The van der Waals surface area contributed by atoms with Crippen molar-refractivity contribution < 1.29 is 10.0 Å². The molecule has 1 atom stereocenters. The van der Waals surface area contributed by atoms with Gasteiger partial charge in [-0.25, -0.2) is 0 Å². The molecule has 1 aromatic carbocycles. The summed E-state index contributed by atoms with van der Waals surface area (Å²) >= 11 is 0. The van der Waals surface area contributed by atoms with Gasteiger partial charge in [0.1, 0.15) is 0 Å². The molecular weight excluding hydrogens is 170 g/mol. The van der Waals surface area contributed by atoms with Crippen LogP contribution in [0.15, 0.2) is 30.3 Å². The highest BCUT2D eigenvalue weighted by atomic mass is 16.6. The molecule has 0 aliphatic heterocycles. The quantitative estimate of drug-likeness (QED) is 0.557. The van der Waals surface area contributed by atoms with Gasteiger partial charge in [0.15, 0.2) is 0 Å². The molecule has 4 heteroatoms. The minimum absolute atomic E-state index is 0.189. The Morgan fingerprint density at radius 1 is 1.38 bits per heavy atom. The normalized spacial score (nSPS) is 12.4. The predicted octanol–water partition coefficient (Wildman–Crippen LogP) is 1.04. The second-order valence-electron chi connectivity index (χ2n) is 2.81. The molecule has 0 bridgehead atoms. The van der Waals surface area contributed by atoms with E-state index >= 15 is 0 Å². The van der Waals surface area contributed by atoms with Gasteiger partial charge in [-0.1, -0.05) is 30.3 Å². The van der Waals surface area contributed by atoms with E-state index < -0.39 is 10.8 Å². The van der Waals surface area contributed by atoms with Crippen LogP contribution in [0.1, 0.15) is 11.5 Å². The van der Waals surface area contributed by atoms with Crippen LogP contribution in [-0.2, 0) is 0 Å². The minimum Gasteiger partial charge on any atom is -0.395 e. The fourth-order valence-electron chi connectivity index (χ4n) is 1.17. The van der Waals surface area contributed by atoms with Crippen LogP contribution in [0.5, 0.6) is 0 Å². The summed E-state index contributed by atoms with van der Waals surface area (Å²) in [4.78, 5) is 9.83. The smallest absolute Gasteiger partial charge is 0.212 e. The number of hydrogen-bond acceptors (Lipinski definition) is 3. The molecule has 0 saturated carbocycles. The van der Waals surface area contributed by atoms with Gasteiger partial charge in [-0.05, 0) is 5.56 Å². The van der Waals surface area contributed by atoms with Gasteiger partial charge in [0.25, 0.3) is 0 Å². The van der Waals surface area contributed by atoms with Crippen LogP contribution in [0.4, 0.5) is 0 Å². The first-order chi connectivity index (χ1) is 6.24. The molecule has 0 aliphatic rings. The molecule has 1 rings (SSSR count). The Bertz CT molecular complexity index is 273. The van der Waals surface area contributed by atoms with E-state index in [-0.39, 0.29) is 13.2 Å². The molecule has 0 unspecified atom stereocenters. The van der Waals surface area contributed by atoms with E-state index in [1.54, 1.807) is 24.3 Å². The number of benzene rings is 1. The van der Waals surface area contributed by atoms with Crippen molar-refractivity contribution in [2.45, 2.75) is 5.92 Å². The fraction of sp³-hybridized carbons (Fsp3) is 0.333. The van der Waals surface area contributed by atoms with Gasteiger partial charge in [-0.3, -0.25) is 10.1 Å². The first-order valence-corrected chi connectivity index (χ1v) is 4.01. The highest BCUT2D eigenvalue weighted by Gasteiger charge is 2.15. The monoisotopic (exact) mass is 181 g/mol. The van der Waals surface area contributed by atoms with Gasteiger partial charge in [0.05, 0.1) is 12.5 Å². The third-order valence-corrected chi connectivity index (χ3v) is 1.86. The van der Waals surface area contributed by atoms with Crippen molar-refractivity contribution in [2.24, 2.45) is 0 Å². The summed E-state index contributed by atoms with van der Waals surface area (Å²) in [6.07, 6.45) is 0. The Labute approximate surface area is 76.0 Å². The van der Waals surface area contributed by atoms with Crippen molar-refractivity contribution in [2.75, 3.05) is 13.2 Å². The lowest BCUT2D eigenvalue weighted by molar-refractivity contribution is -0.484. The molecule has 0 heterocycles.